The minimum absolute atomic E-state index is 0.139. The first-order chi connectivity index (χ1) is 11.5. The Bertz CT molecular complexity index is 717. The lowest BCUT2D eigenvalue weighted by atomic mass is 10.1. The van der Waals surface area contributed by atoms with E-state index in [0.29, 0.717) is 5.02 Å². The Kier molecular flexibility index (Phi) is 7.09. The van der Waals surface area contributed by atoms with Crippen LogP contribution in [0.2, 0.25) is 5.02 Å². The van der Waals surface area contributed by atoms with Gasteiger partial charge in [0.25, 0.3) is 0 Å². The van der Waals surface area contributed by atoms with Crippen molar-refractivity contribution in [2.45, 2.75) is 32.7 Å². The van der Waals surface area contributed by atoms with E-state index in [1.807, 2.05) is 12.1 Å². The second-order valence-corrected chi connectivity index (χ2v) is 6.52. The summed E-state index contributed by atoms with van der Waals surface area (Å²) in [4.78, 5) is 16.9. The number of hydrogen-bond donors (Lipinski definition) is 3. The van der Waals surface area contributed by atoms with Crippen LogP contribution < -0.4 is 10.9 Å². The highest BCUT2D eigenvalue weighted by Crippen LogP contribution is 2.24. The first-order valence-corrected chi connectivity index (χ1v) is 8.83. The predicted molar refractivity (Wildman–Crippen MR) is 101 cm³/mol. The second kappa shape index (κ2) is 9.06. The second-order valence-electron chi connectivity index (χ2n) is 6.08. The van der Waals surface area contributed by atoms with Crippen molar-refractivity contribution in [2.24, 2.45) is 0 Å². The number of benzene rings is 1. The average molecular weight is 352 g/mol. The van der Waals surface area contributed by atoms with E-state index < -0.39 is 0 Å². The van der Waals surface area contributed by atoms with Crippen LogP contribution >= 0.6 is 11.6 Å². The maximum absolute atomic E-state index is 11.8. The molecule has 0 aliphatic carbocycles. The lowest BCUT2D eigenvalue weighted by molar-refractivity contribution is 0.199. The van der Waals surface area contributed by atoms with Gasteiger partial charge in [-0.25, -0.2) is 0 Å². The van der Waals surface area contributed by atoms with Crippen molar-refractivity contribution < 1.29 is 5.11 Å². The molecule has 0 fully saturated rings. The van der Waals surface area contributed by atoms with Crippen LogP contribution in [0.25, 0.3) is 10.9 Å². The molecule has 0 bridgehead atoms. The molecule has 2 rings (SSSR count). The number of nitrogens with zero attached hydrogens (tertiary/aromatic N) is 1. The van der Waals surface area contributed by atoms with Crippen molar-refractivity contribution in [3.05, 3.63) is 39.6 Å². The Labute approximate surface area is 147 Å². The average Bonchev–Trinajstić information content (AvgIpc) is 2.53. The molecule has 1 aromatic carbocycles. The van der Waals surface area contributed by atoms with Crippen molar-refractivity contribution >= 4 is 28.2 Å². The largest absolute Gasteiger partial charge is 0.395 e. The van der Waals surface area contributed by atoms with Gasteiger partial charge in [0, 0.05) is 34.7 Å². The lowest BCUT2D eigenvalue weighted by Gasteiger charge is -2.21. The van der Waals surface area contributed by atoms with Crippen LogP contribution in [0.3, 0.4) is 0 Å². The van der Waals surface area contributed by atoms with Crippen LogP contribution in [0.1, 0.15) is 26.7 Å². The Morgan fingerprint density at radius 1 is 1.33 bits per heavy atom. The van der Waals surface area contributed by atoms with Crippen LogP contribution in [-0.4, -0.2) is 47.3 Å². The van der Waals surface area contributed by atoms with Crippen molar-refractivity contribution in [1.82, 2.24) is 9.88 Å². The highest BCUT2D eigenvalue weighted by atomic mass is 35.5. The summed E-state index contributed by atoms with van der Waals surface area (Å²) in [6.07, 6.45) is 2.03. The standard InChI is InChI=1S/C18H26ClN3O2/c1-3-22(9-10-23)8-4-5-13(2)20-17-12-18(24)21-16-11-14(19)6-7-15(16)17/h6-7,11-13,23H,3-5,8-10H2,1-2H3,(H2,20,21,24). The van der Waals surface area contributed by atoms with Gasteiger partial charge >= 0.3 is 0 Å². The predicted octanol–water partition coefficient (Wildman–Crippen LogP) is 3.08. The topological polar surface area (TPSA) is 68.4 Å². The molecule has 2 aromatic rings. The number of aromatic nitrogens is 1. The van der Waals surface area contributed by atoms with E-state index in [0.717, 1.165) is 49.1 Å². The number of H-pyrrole nitrogens is 1. The zero-order chi connectivity index (χ0) is 17.5. The number of pyridine rings is 1. The van der Waals surface area contributed by atoms with Gasteiger partial charge in [0.2, 0.25) is 5.56 Å². The summed E-state index contributed by atoms with van der Waals surface area (Å²) >= 11 is 6.00. The van der Waals surface area contributed by atoms with Gasteiger partial charge in [-0.15, -0.1) is 0 Å². The van der Waals surface area contributed by atoms with Gasteiger partial charge in [0.1, 0.15) is 0 Å². The van der Waals surface area contributed by atoms with Crippen molar-refractivity contribution in [2.75, 3.05) is 31.6 Å². The zero-order valence-electron chi connectivity index (χ0n) is 14.3. The molecule has 6 heteroatoms. The van der Waals surface area contributed by atoms with Crippen LogP contribution in [0.15, 0.2) is 29.1 Å². The number of aromatic amines is 1. The molecule has 0 saturated heterocycles. The third-order valence-electron chi connectivity index (χ3n) is 4.18. The number of nitrogens with one attached hydrogen (secondary N) is 2. The summed E-state index contributed by atoms with van der Waals surface area (Å²) in [7, 11) is 0. The number of rotatable bonds is 9. The van der Waals surface area contributed by atoms with E-state index in [1.54, 1.807) is 12.1 Å². The molecule has 132 valence electrons. The maximum Gasteiger partial charge on any atom is 0.250 e. The lowest BCUT2D eigenvalue weighted by Crippen LogP contribution is -2.28. The summed E-state index contributed by atoms with van der Waals surface area (Å²) in [5.74, 6) is 0. The molecule has 5 nitrogen and oxygen atoms in total. The van der Waals surface area contributed by atoms with E-state index in [4.69, 9.17) is 16.7 Å². The molecule has 0 radical (unpaired) electrons. The SMILES string of the molecule is CCN(CCO)CCCC(C)Nc1cc(=O)[nH]c2cc(Cl)ccc12. The van der Waals surface area contributed by atoms with Crippen LogP contribution in [0.5, 0.6) is 0 Å². The molecular formula is C18H26ClN3O2. The fourth-order valence-corrected chi connectivity index (χ4v) is 3.05. The fourth-order valence-electron chi connectivity index (χ4n) is 2.88. The molecule has 0 aliphatic rings. The Hall–Kier alpha value is -1.56. The minimum atomic E-state index is -0.139. The van der Waals surface area contributed by atoms with Gasteiger partial charge in [-0.2, -0.15) is 0 Å². The third-order valence-corrected chi connectivity index (χ3v) is 4.42. The van der Waals surface area contributed by atoms with Crippen molar-refractivity contribution in [3.63, 3.8) is 0 Å². The van der Waals surface area contributed by atoms with Crippen LogP contribution in [0, 0.1) is 0 Å². The molecule has 3 N–H and O–H groups in total. The molecule has 1 atom stereocenters. The van der Waals surface area contributed by atoms with E-state index in [9.17, 15) is 4.79 Å². The first-order valence-electron chi connectivity index (χ1n) is 8.45. The molecule has 1 aromatic heterocycles. The van der Waals surface area contributed by atoms with Gasteiger partial charge < -0.3 is 20.3 Å². The summed E-state index contributed by atoms with van der Waals surface area (Å²) in [5, 5.41) is 14.0. The minimum Gasteiger partial charge on any atom is -0.395 e. The fraction of sp³-hybridized carbons (Fsp3) is 0.500. The maximum atomic E-state index is 11.8. The van der Waals surface area contributed by atoms with Gasteiger partial charge in [-0.3, -0.25) is 4.79 Å². The van der Waals surface area contributed by atoms with E-state index in [-0.39, 0.29) is 18.2 Å². The van der Waals surface area contributed by atoms with Gasteiger partial charge in [0.15, 0.2) is 0 Å². The molecule has 1 heterocycles. The van der Waals surface area contributed by atoms with E-state index in [1.165, 1.54) is 0 Å². The Morgan fingerprint density at radius 3 is 2.83 bits per heavy atom. The first kappa shape index (κ1) is 18.8. The smallest absolute Gasteiger partial charge is 0.250 e. The Balaban J connectivity index is 2.00. The molecule has 0 saturated carbocycles. The van der Waals surface area contributed by atoms with Gasteiger partial charge in [-0.1, -0.05) is 18.5 Å². The van der Waals surface area contributed by atoms with Crippen LogP contribution in [-0.2, 0) is 0 Å². The summed E-state index contributed by atoms with van der Waals surface area (Å²) < 4.78 is 0. The highest BCUT2D eigenvalue weighted by Gasteiger charge is 2.09. The van der Waals surface area contributed by atoms with Crippen molar-refractivity contribution in [1.29, 1.82) is 0 Å². The van der Waals surface area contributed by atoms with Gasteiger partial charge in [0.05, 0.1) is 12.1 Å². The summed E-state index contributed by atoms with van der Waals surface area (Å²) in [6.45, 7) is 7.05. The molecular weight excluding hydrogens is 326 g/mol. The van der Waals surface area contributed by atoms with E-state index in [2.05, 4.69) is 29.0 Å². The highest BCUT2D eigenvalue weighted by molar-refractivity contribution is 6.31. The van der Waals surface area contributed by atoms with Gasteiger partial charge in [-0.05, 0) is 51.1 Å². The van der Waals surface area contributed by atoms with E-state index >= 15 is 0 Å². The molecule has 24 heavy (non-hydrogen) atoms. The molecule has 0 spiro atoms. The molecule has 1 unspecified atom stereocenters. The number of halogens is 1. The number of aliphatic hydroxyl groups excluding tert-OH is 1. The van der Waals surface area contributed by atoms with Crippen molar-refractivity contribution in [3.8, 4) is 0 Å². The zero-order valence-corrected chi connectivity index (χ0v) is 15.1. The molecule has 0 amide bonds. The number of aliphatic hydroxyl groups is 1. The van der Waals surface area contributed by atoms with Crippen LogP contribution in [0.4, 0.5) is 5.69 Å². The summed E-state index contributed by atoms with van der Waals surface area (Å²) in [6, 6.07) is 7.35. The summed E-state index contributed by atoms with van der Waals surface area (Å²) in [5.41, 5.74) is 1.44. The molecule has 0 aliphatic heterocycles. The number of fused-ring (bicyclic) bond motifs is 1. The number of hydrogen-bond acceptors (Lipinski definition) is 4. The number of anilines is 1. The number of likely N-dealkylation sites (N-methyl/N-ethyl adjacent to an activating group) is 1. The normalized spacial score (nSPS) is 12.7. The third kappa shape index (κ3) is 5.23. The quantitative estimate of drug-likeness (QED) is 0.649. The monoisotopic (exact) mass is 351 g/mol. The Morgan fingerprint density at radius 2 is 2.12 bits per heavy atom.